The van der Waals surface area contributed by atoms with Gasteiger partial charge in [-0.25, -0.2) is 9.37 Å². The zero-order valence-electron chi connectivity index (χ0n) is 17.5. The molecule has 2 N–H and O–H groups in total. The first-order valence-corrected chi connectivity index (χ1v) is 10.7. The Balaban J connectivity index is 1.38. The highest BCUT2D eigenvalue weighted by molar-refractivity contribution is 6.33. The van der Waals surface area contributed by atoms with Gasteiger partial charge in [-0.2, -0.15) is 4.98 Å². The predicted octanol–water partition coefficient (Wildman–Crippen LogP) is 4.64. The molecule has 1 aliphatic carbocycles. The van der Waals surface area contributed by atoms with Gasteiger partial charge in [0.2, 0.25) is 5.95 Å². The summed E-state index contributed by atoms with van der Waals surface area (Å²) in [4.78, 5) is 23.8. The molecule has 162 valence electrons. The van der Waals surface area contributed by atoms with Crippen LogP contribution in [0.3, 0.4) is 0 Å². The van der Waals surface area contributed by atoms with Crippen molar-refractivity contribution in [2.45, 2.75) is 37.8 Å². The van der Waals surface area contributed by atoms with Crippen LogP contribution in [0.2, 0.25) is 5.02 Å². The lowest BCUT2D eigenvalue weighted by Gasteiger charge is -2.30. The molecule has 0 saturated heterocycles. The van der Waals surface area contributed by atoms with E-state index in [0.29, 0.717) is 5.95 Å². The first kappa shape index (κ1) is 21.3. The van der Waals surface area contributed by atoms with Gasteiger partial charge in [0.1, 0.15) is 11.6 Å². The van der Waals surface area contributed by atoms with E-state index in [-0.39, 0.29) is 28.6 Å². The topological polar surface area (TPSA) is 70.2 Å². The normalized spacial score (nSPS) is 18.6. The Morgan fingerprint density at radius 2 is 1.77 bits per heavy atom. The van der Waals surface area contributed by atoms with Crippen LogP contribution >= 0.6 is 11.6 Å². The largest absolute Gasteiger partial charge is 0.362 e. The molecule has 8 heteroatoms. The molecule has 31 heavy (non-hydrogen) atoms. The van der Waals surface area contributed by atoms with Gasteiger partial charge in [0.05, 0.1) is 16.1 Å². The van der Waals surface area contributed by atoms with Gasteiger partial charge in [-0.15, -0.1) is 0 Å². The summed E-state index contributed by atoms with van der Waals surface area (Å²) >= 11 is 6.04. The second-order valence-corrected chi connectivity index (χ2v) is 8.48. The van der Waals surface area contributed by atoms with Gasteiger partial charge < -0.3 is 15.5 Å². The van der Waals surface area contributed by atoms with Crippen LogP contribution in [-0.4, -0.2) is 42.1 Å². The number of para-hydroxylation sites is 1. The van der Waals surface area contributed by atoms with Crippen molar-refractivity contribution < 1.29 is 9.18 Å². The van der Waals surface area contributed by atoms with Crippen LogP contribution in [0.5, 0.6) is 0 Å². The van der Waals surface area contributed by atoms with Gasteiger partial charge >= 0.3 is 0 Å². The minimum Gasteiger partial charge on any atom is -0.362 e. The average Bonchev–Trinajstić information content (AvgIpc) is 2.76. The molecule has 4 rings (SSSR count). The van der Waals surface area contributed by atoms with Gasteiger partial charge in [0.15, 0.2) is 0 Å². The number of hydrogen-bond acceptors (Lipinski definition) is 5. The third-order valence-corrected chi connectivity index (χ3v) is 5.90. The molecule has 0 bridgehead atoms. The predicted molar refractivity (Wildman–Crippen MR) is 122 cm³/mol. The summed E-state index contributed by atoms with van der Waals surface area (Å²) in [6.45, 7) is 0. The summed E-state index contributed by atoms with van der Waals surface area (Å²) in [6.07, 6.45) is 3.36. The highest BCUT2D eigenvalue weighted by Crippen LogP contribution is 2.27. The molecule has 3 aromatic rings. The van der Waals surface area contributed by atoms with Gasteiger partial charge in [-0.05, 0) is 56.0 Å². The van der Waals surface area contributed by atoms with Crippen LogP contribution in [0, 0.1) is 5.82 Å². The van der Waals surface area contributed by atoms with Crippen molar-refractivity contribution in [3.63, 3.8) is 0 Å². The Labute approximate surface area is 185 Å². The summed E-state index contributed by atoms with van der Waals surface area (Å²) in [5.74, 6) is 0.673. The van der Waals surface area contributed by atoms with Crippen molar-refractivity contribution in [3.05, 3.63) is 58.9 Å². The molecule has 1 amide bonds. The van der Waals surface area contributed by atoms with Gasteiger partial charge in [-0.3, -0.25) is 4.79 Å². The zero-order chi connectivity index (χ0) is 22.0. The molecule has 1 saturated carbocycles. The van der Waals surface area contributed by atoms with E-state index in [1.165, 1.54) is 18.2 Å². The molecule has 0 unspecified atom stereocenters. The van der Waals surface area contributed by atoms with Crippen molar-refractivity contribution in [1.82, 2.24) is 15.3 Å². The standard InChI is InChI=1S/C23H25ClFN5O/c1-30(2)21-17-5-3-4-6-20(17)28-23(29-21)27-16-10-8-15(9-11-16)26-22(31)18-13-14(25)7-12-19(18)24/h3-7,12-13,15-16H,8-11H2,1-2H3,(H,26,31)(H,27,28,29). The minimum atomic E-state index is -0.477. The Bertz CT molecular complexity index is 1100. The molecule has 0 aliphatic heterocycles. The van der Waals surface area contributed by atoms with Crippen molar-refractivity contribution in [2.24, 2.45) is 0 Å². The van der Waals surface area contributed by atoms with E-state index in [1.54, 1.807) is 0 Å². The van der Waals surface area contributed by atoms with Crippen LogP contribution in [0.15, 0.2) is 42.5 Å². The second-order valence-electron chi connectivity index (χ2n) is 8.07. The van der Waals surface area contributed by atoms with E-state index in [4.69, 9.17) is 16.6 Å². The molecule has 1 heterocycles. The number of rotatable bonds is 5. The van der Waals surface area contributed by atoms with Crippen LogP contribution in [0.1, 0.15) is 36.0 Å². The maximum atomic E-state index is 13.5. The fourth-order valence-electron chi connectivity index (χ4n) is 3.96. The molecule has 6 nitrogen and oxygen atoms in total. The highest BCUT2D eigenvalue weighted by atomic mass is 35.5. The van der Waals surface area contributed by atoms with E-state index >= 15 is 0 Å². The summed E-state index contributed by atoms with van der Waals surface area (Å²) in [7, 11) is 3.94. The van der Waals surface area contributed by atoms with Crippen molar-refractivity contribution in [3.8, 4) is 0 Å². The molecule has 1 fully saturated rings. The van der Waals surface area contributed by atoms with Crippen molar-refractivity contribution in [2.75, 3.05) is 24.3 Å². The Hall–Kier alpha value is -2.93. The maximum Gasteiger partial charge on any atom is 0.253 e. The number of fused-ring (bicyclic) bond motifs is 1. The van der Waals surface area contributed by atoms with E-state index < -0.39 is 5.82 Å². The number of aromatic nitrogens is 2. The fraction of sp³-hybridized carbons (Fsp3) is 0.348. The van der Waals surface area contributed by atoms with Crippen molar-refractivity contribution in [1.29, 1.82) is 0 Å². The first-order valence-electron chi connectivity index (χ1n) is 10.4. The summed E-state index contributed by atoms with van der Waals surface area (Å²) < 4.78 is 13.5. The number of carbonyl (C=O) groups excluding carboxylic acids is 1. The van der Waals surface area contributed by atoms with E-state index in [1.807, 2.05) is 43.3 Å². The van der Waals surface area contributed by atoms with Crippen LogP contribution in [0.4, 0.5) is 16.2 Å². The van der Waals surface area contributed by atoms with E-state index in [9.17, 15) is 9.18 Å². The Kier molecular flexibility index (Phi) is 6.23. The lowest BCUT2D eigenvalue weighted by atomic mass is 9.91. The summed E-state index contributed by atoms with van der Waals surface area (Å²) in [5.41, 5.74) is 1.07. The monoisotopic (exact) mass is 441 g/mol. The molecule has 2 aromatic carbocycles. The molecule has 1 aliphatic rings. The third kappa shape index (κ3) is 4.88. The highest BCUT2D eigenvalue weighted by Gasteiger charge is 2.24. The Morgan fingerprint density at radius 3 is 2.52 bits per heavy atom. The maximum absolute atomic E-state index is 13.5. The quantitative estimate of drug-likeness (QED) is 0.603. The van der Waals surface area contributed by atoms with E-state index in [0.717, 1.165) is 42.4 Å². The van der Waals surface area contributed by atoms with Gasteiger partial charge in [-0.1, -0.05) is 23.7 Å². The van der Waals surface area contributed by atoms with Crippen LogP contribution in [0.25, 0.3) is 10.9 Å². The molecular weight excluding hydrogens is 417 g/mol. The molecule has 0 spiro atoms. The molecule has 1 aromatic heterocycles. The number of carbonyl (C=O) groups is 1. The number of anilines is 2. The number of nitrogens with one attached hydrogen (secondary N) is 2. The molecular formula is C23H25ClFN5O. The number of nitrogens with zero attached hydrogens (tertiary/aromatic N) is 3. The lowest BCUT2D eigenvalue weighted by Crippen LogP contribution is -2.40. The van der Waals surface area contributed by atoms with E-state index in [2.05, 4.69) is 15.6 Å². The average molecular weight is 442 g/mol. The Morgan fingerprint density at radius 1 is 1.06 bits per heavy atom. The molecule has 0 radical (unpaired) electrons. The second kappa shape index (κ2) is 9.06. The molecule has 0 atom stereocenters. The zero-order valence-corrected chi connectivity index (χ0v) is 18.3. The number of benzene rings is 2. The fourth-order valence-corrected chi connectivity index (χ4v) is 4.17. The van der Waals surface area contributed by atoms with Gasteiger partial charge in [0, 0.05) is 31.6 Å². The minimum absolute atomic E-state index is 0.0275. The number of hydrogen-bond donors (Lipinski definition) is 2. The smallest absolute Gasteiger partial charge is 0.253 e. The van der Waals surface area contributed by atoms with Gasteiger partial charge in [0.25, 0.3) is 5.91 Å². The SMILES string of the molecule is CN(C)c1nc(NC2CCC(NC(=O)c3cc(F)ccc3Cl)CC2)nc2ccccc12. The number of amides is 1. The summed E-state index contributed by atoms with van der Waals surface area (Å²) in [6, 6.07) is 12.0. The first-order chi connectivity index (χ1) is 14.9. The van der Waals surface area contributed by atoms with Crippen LogP contribution in [-0.2, 0) is 0 Å². The van der Waals surface area contributed by atoms with Crippen molar-refractivity contribution >= 4 is 40.2 Å². The third-order valence-electron chi connectivity index (χ3n) is 5.58. The van der Waals surface area contributed by atoms with Crippen LogP contribution < -0.4 is 15.5 Å². The lowest BCUT2D eigenvalue weighted by molar-refractivity contribution is 0.0926. The summed E-state index contributed by atoms with van der Waals surface area (Å²) in [5, 5.41) is 7.70. The number of halogens is 2.